The predicted octanol–water partition coefficient (Wildman–Crippen LogP) is 7.48. The first-order chi connectivity index (χ1) is 11.3. The Bertz CT molecular complexity index is 697. The quantitative estimate of drug-likeness (QED) is 0.492. The zero-order valence-electron chi connectivity index (χ0n) is 15.9. The SMILES string of the molecule is CCC(C)(C)c1cccc(N=Nc2ccccc2)c1C(C)(C)CC. The van der Waals surface area contributed by atoms with E-state index >= 15 is 0 Å². The van der Waals surface area contributed by atoms with Crippen LogP contribution in [0.25, 0.3) is 0 Å². The lowest BCUT2D eigenvalue weighted by molar-refractivity contribution is 0.456. The third kappa shape index (κ3) is 3.92. The van der Waals surface area contributed by atoms with E-state index in [0.29, 0.717) is 0 Å². The lowest BCUT2D eigenvalue weighted by Crippen LogP contribution is -2.25. The second kappa shape index (κ2) is 7.29. The Balaban J connectivity index is 2.59. The molecule has 2 rings (SSSR count). The highest BCUT2D eigenvalue weighted by molar-refractivity contribution is 5.56. The molecule has 0 aromatic heterocycles. The minimum Gasteiger partial charge on any atom is -0.151 e. The van der Waals surface area contributed by atoms with E-state index in [9.17, 15) is 0 Å². The van der Waals surface area contributed by atoms with Crippen molar-refractivity contribution in [2.45, 2.75) is 65.2 Å². The normalized spacial score (nSPS) is 12.8. The molecule has 0 bridgehead atoms. The number of azo groups is 1. The van der Waals surface area contributed by atoms with E-state index < -0.39 is 0 Å². The molecule has 2 nitrogen and oxygen atoms in total. The van der Waals surface area contributed by atoms with E-state index in [1.54, 1.807) is 0 Å². The summed E-state index contributed by atoms with van der Waals surface area (Å²) in [6, 6.07) is 16.4. The Hall–Kier alpha value is -1.96. The van der Waals surface area contributed by atoms with Gasteiger partial charge in [-0.1, -0.05) is 71.9 Å². The summed E-state index contributed by atoms with van der Waals surface area (Å²) >= 11 is 0. The summed E-state index contributed by atoms with van der Waals surface area (Å²) in [5, 5.41) is 9.08. The fraction of sp³-hybridized carbons (Fsp3) is 0.455. The van der Waals surface area contributed by atoms with Crippen LogP contribution in [0.1, 0.15) is 65.5 Å². The van der Waals surface area contributed by atoms with Crippen molar-refractivity contribution >= 4 is 11.4 Å². The van der Waals surface area contributed by atoms with Gasteiger partial charge in [-0.2, -0.15) is 10.2 Å². The molecule has 0 atom stereocenters. The van der Waals surface area contributed by atoms with Gasteiger partial charge in [0.05, 0.1) is 11.4 Å². The van der Waals surface area contributed by atoms with Crippen LogP contribution in [0.2, 0.25) is 0 Å². The van der Waals surface area contributed by atoms with Crippen molar-refractivity contribution in [2.24, 2.45) is 10.2 Å². The van der Waals surface area contributed by atoms with Crippen molar-refractivity contribution < 1.29 is 0 Å². The van der Waals surface area contributed by atoms with Crippen LogP contribution in [0.4, 0.5) is 11.4 Å². The molecule has 0 radical (unpaired) electrons. The molecule has 0 aliphatic heterocycles. The van der Waals surface area contributed by atoms with Gasteiger partial charge in [-0.05, 0) is 53.0 Å². The maximum atomic E-state index is 4.62. The Labute approximate surface area is 147 Å². The molecule has 0 unspecified atom stereocenters. The van der Waals surface area contributed by atoms with Crippen molar-refractivity contribution in [3.05, 3.63) is 59.7 Å². The monoisotopic (exact) mass is 322 g/mol. The van der Waals surface area contributed by atoms with Gasteiger partial charge < -0.3 is 0 Å². The summed E-state index contributed by atoms with van der Waals surface area (Å²) in [5.74, 6) is 0. The molecule has 2 aromatic rings. The molecule has 0 aliphatic rings. The highest BCUT2D eigenvalue weighted by Crippen LogP contribution is 2.43. The summed E-state index contributed by atoms with van der Waals surface area (Å²) in [7, 11) is 0. The molecule has 0 amide bonds. The van der Waals surface area contributed by atoms with Crippen LogP contribution in [0.5, 0.6) is 0 Å². The van der Waals surface area contributed by atoms with Gasteiger partial charge in [-0.15, -0.1) is 0 Å². The van der Waals surface area contributed by atoms with E-state index in [1.165, 1.54) is 11.1 Å². The van der Waals surface area contributed by atoms with Gasteiger partial charge in [0, 0.05) is 0 Å². The molecule has 2 heteroatoms. The first-order valence-corrected chi connectivity index (χ1v) is 8.92. The van der Waals surface area contributed by atoms with Gasteiger partial charge in [0.1, 0.15) is 0 Å². The standard InChI is InChI=1S/C22H30N2/c1-7-21(3,4)18-15-12-16-19(20(18)22(5,6)8-2)24-23-17-13-10-9-11-14-17/h9-16H,7-8H2,1-6H3. The third-order valence-electron chi connectivity index (χ3n) is 5.25. The molecular weight excluding hydrogens is 292 g/mol. The Kier molecular flexibility index (Phi) is 5.58. The number of hydrogen-bond donors (Lipinski definition) is 0. The second-order valence-corrected chi connectivity index (χ2v) is 7.71. The highest BCUT2D eigenvalue weighted by atomic mass is 15.1. The minimum atomic E-state index is 0.0636. The van der Waals surface area contributed by atoms with Crippen molar-refractivity contribution in [2.75, 3.05) is 0 Å². The van der Waals surface area contributed by atoms with Gasteiger partial charge in [0.15, 0.2) is 0 Å². The zero-order chi connectivity index (χ0) is 17.8. The van der Waals surface area contributed by atoms with Crippen LogP contribution in [0.15, 0.2) is 58.8 Å². The predicted molar refractivity (Wildman–Crippen MR) is 104 cm³/mol. The summed E-state index contributed by atoms with van der Waals surface area (Å²) in [4.78, 5) is 0. The average molecular weight is 322 g/mol. The average Bonchev–Trinajstić information content (AvgIpc) is 2.60. The van der Waals surface area contributed by atoms with Gasteiger partial charge in [-0.25, -0.2) is 0 Å². The molecule has 0 heterocycles. The van der Waals surface area contributed by atoms with Gasteiger partial charge >= 0.3 is 0 Å². The third-order valence-corrected chi connectivity index (χ3v) is 5.25. The molecule has 0 aliphatic carbocycles. The molecule has 0 N–H and O–H groups in total. The first-order valence-electron chi connectivity index (χ1n) is 8.92. The van der Waals surface area contributed by atoms with E-state index in [1.807, 2.05) is 30.3 Å². The Morgan fingerprint density at radius 3 is 1.92 bits per heavy atom. The molecular formula is C22H30N2. The highest BCUT2D eigenvalue weighted by Gasteiger charge is 2.31. The molecule has 0 saturated carbocycles. The van der Waals surface area contributed by atoms with Crippen LogP contribution < -0.4 is 0 Å². The molecule has 2 aromatic carbocycles. The van der Waals surface area contributed by atoms with Gasteiger partial charge in [-0.3, -0.25) is 0 Å². The van der Waals surface area contributed by atoms with E-state index in [0.717, 1.165) is 24.2 Å². The molecule has 24 heavy (non-hydrogen) atoms. The number of benzene rings is 2. The fourth-order valence-electron chi connectivity index (χ4n) is 2.87. The van der Waals surface area contributed by atoms with Gasteiger partial charge in [0.25, 0.3) is 0 Å². The van der Waals surface area contributed by atoms with E-state index in [-0.39, 0.29) is 10.8 Å². The molecule has 128 valence electrons. The number of nitrogens with zero attached hydrogens (tertiary/aromatic N) is 2. The molecule has 0 spiro atoms. The summed E-state index contributed by atoms with van der Waals surface area (Å²) in [6.45, 7) is 13.7. The maximum Gasteiger partial charge on any atom is 0.0897 e. The lowest BCUT2D eigenvalue weighted by Gasteiger charge is -2.34. The second-order valence-electron chi connectivity index (χ2n) is 7.71. The van der Waals surface area contributed by atoms with Crippen molar-refractivity contribution in [1.82, 2.24) is 0 Å². The van der Waals surface area contributed by atoms with Gasteiger partial charge in [0.2, 0.25) is 0 Å². The zero-order valence-corrected chi connectivity index (χ0v) is 15.9. The first kappa shape index (κ1) is 18.4. The Morgan fingerprint density at radius 2 is 1.33 bits per heavy atom. The minimum absolute atomic E-state index is 0.0636. The van der Waals surface area contributed by atoms with Crippen LogP contribution >= 0.6 is 0 Å². The molecule has 0 fully saturated rings. The van der Waals surface area contributed by atoms with Crippen LogP contribution in [-0.2, 0) is 10.8 Å². The van der Waals surface area contributed by atoms with Crippen molar-refractivity contribution in [3.8, 4) is 0 Å². The fourth-order valence-corrected chi connectivity index (χ4v) is 2.87. The smallest absolute Gasteiger partial charge is 0.0897 e. The van der Waals surface area contributed by atoms with Crippen molar-refractivity contribution in [1.29, 1.82) is 0 Å². The largest absolute Gasteiger partial charge is 0.151 e. The van der Waals surface area contributed by atoms with Crippen LogP contribution in [0.3, 0.4) is 0 Å². The number of hydrogen-bond acceptors (Lipinski definition) is 2. The maximum absolute atomic E-state index is 4.62. The van der Waals surface area contributed by atoms with Crippen LogP contribution in [-0.4, -0.2) is 0 Å². The van der Waals surface area contributed by atoms with Crippen LogP contribution in [0, 0.1) is 0 Å². The molecule has 0 saturated heterocycles. The van der Waals surface area contributed by atoms with E-state index in [2.05, 4.69) is 70.0 Å². The lowest BCUT2D eigenvalue weighted by atomic mass is 9.71. The topological polar surface area (TPSA) is 24.7 Å². The number of rotatable bonds is 6. The summed E-state index contributed by atoms with van der Waals surface area (Å²) in [6.07, 6.45) is 2.16. The van der Waals surface area contributed by atoms with E-state index in [4.69, 9.17) is 0 Å². The summed E-state index contributed by atoms with van der Waals surface area (Å²) in [5.41, 5.74) is 4.79. The summed E-state index contributed by atoms with van der Waals surface area (Å²) < 4.78 is 0. The Morgan fingerprint density at radius 1 is 0.708 bits per heavy atom. The van der Waals surface area contributed by atoms with Crippen molar-refractivity contribution in [3.63, 3.8) is 0 Å².